The van der Waals surface area contributed by atoms with Crippen LogP contribution in [0.1, 0.15) is 12.5 Å². The van der Waals surface area contributed by atoms with Crippen molar-refractivity contribution >= 4 is 17.7 Å². The van der Waals surface area contributed by atoms with Crippen molar-refractivity contribution in [2.45, 2.75) is 30.9 Å². The summed E-state index contributed by atoms with van der Waals surface area (Å²) in [4.78, 5) is 15.2. The molecule has 4 nitrogen and oxygen atoms in total. The number of thioether (sulfide) groups is 1. The monoisotopic (exact) mass is 295 g/mol. The summed E-state index contributed by atoms with van der Waals surface area (Å²) >= 11 is 1.55. The average Bonchev–Trinajstić information content (AvgIpc) is 2.47. The van der Waals surface area contributed by atoms with E-state index in [1.165, 1.54) is 5.56 Å². The Morgan fingerprint density at radius 3 is 2.80 bits per heavy atom. The Bertz CT molecular complexity index is 449. The Morgan fingerprint density at radius 1 is 1.45 bits per heavy atom. The molecular weight excluding hydrogens is 274 g/mol. The number of hydrogen-bond acceptors (Lipinski definition) is 4. The van der Waals surface area contributed by atoms with Gasteiger partial charge in [-0.25, -0.2) is 0 Å². The first-order valence-corrected chi connectivity index (χ1v) is 7.80. The van der Waals surface area contributed by atoms with E-state index in [0.717, 1.165) is 4.90 Å². The maximum absolute atomic E-state index is 12.3. The molecule has 0 radical (unpaired) electrons. The Hall–Kier alpha value is -1.04. The molecule has 1 aliphatic rings. The number of morpholine rings is 1. The molecule has 1 aromatic carbocycles. The second-order valence-corrected chi connectivity index (χ2v) is 6.18. The lowest BCUT2D eigenvalue weighted by molar-refractivity contribution is -0.143. The van der Waals surface area contributed by atoms with Gasteiger partial charge in [0.2, 0.25) is 5.91 Å². The number of nitrogens with zero attached hydrogens (tertiary/aromatic N) is 1. The zero-order chi connectivity index (χ0) is 14.5. The molecule has 1 amide bonds. The van der Waals surface area contributed by atoms with Crippen molar-refractivity contribution in [1.29, 1.82) is 0 Å². The van der Waals surface area contributed by atoms with Crippen molar-refractivity contribution in [3.63, 3.8) is 0 Å². The van der Waals surface area contributed by atoms with Crippen LogP contribution in [-0.2, 0) is 9.53 Å². The maximum Gasteiger partial charge on any atom is 0.233 e. The Balaban J connectivity index is 1.88. The van der Waals surface area contributed by atoms with Gasteiger partial charge in [-0.3, -0.25) is 4.79 Å². The van der Waals surface area contributed by atoms with Crippen LogP contribution in [0.4, 0.5) is 0 Å². The first-order chi connectivity index (χ1) is 9.60. The van der Waals surface area contributed by atoms with Crippen LogP contribution in [-0.4, -0.2) is 53.6 Å². The van der Waals surface area contributed by atoms with Gasteiger partial charge in [-0.05, 0) is 26.0 Å². The highest BCUT2D eigenvalue weighted by Crippen LogP contribution is 2.20. The maximum atomic E-state index is 12.3. The second kappa shape index (κ2) is 7.11. The van der Waals surface area contributed by atoms with Crippen LogP contribution < -0.4 is 0 Å². The number of carbonyl (C=O) groups is 1. The van der Waals surface area contributed by atoms with Crippen molar-refractivity contribution < 1.29 is 14.6 Å². The number of amides is 1. The van der Waals surface area contributed by atoms with Gasteiger partial charge in [0.1, 0.15) is 0 Å². The van der Waals surface area contributed by atoms with Crippen molar-refractivity contribution in [2.24, 2.45) is 0 Å². The van der Waals surface area contributed by atoms with E-state index in [0.29, 0.717) is 18.9 Å². The van der Waals surface area contributed by atoms with Gasteiger partial charge in [0.05, 0.1) is 31.1 Å². The van der Waals surface area contributed by atoms with E-state index < -0.39 is 0 Å². The number of aryl methyl sites for hydroxylation is 1. The minimum atomic E-state index is -0.250. The summed E-state index contributed by atoms with van der Waals surface area (Å²) in [5.41, 5.74) is 1.22. The van der Waals surface area contributed by atoms with Gasteiger partial charge in [-0.2, -0.15) is 0 Å². The van der Waals surface area contributed by atoms with Crippen LogP contribution in [0.15, 0.2) is 29.2 Å². The zero-order valence-electron chi connectivity index (χ0n) is 11.9. The third-order valence-corrected chi connectivity index (χ3v) is 4.41. The van der Waals surface area contributed by atoms with E-state index in [2.05, 4.69) is 0 Å². The van der Waals surface area contributed by atoms with Crippen LogP contribution in [0, 0.1) is 6.92 Å². The lowest BCUT2D eigenvalue weighted by atomic mass is 10.2. The number of aliphatic hydroxyl groups is 1. The molecule has 0 aliphatic carbocycles. The molecule has 20 heavy (non-hydrogen) atoms. The normalized spacial score (nSPS) is 22.9. The predicted molar refractivity (Wildman–Crippen MR) is 79.9 cm³/mol. The number of aliphatic hydroxyl groups excluding tert-OH is 1. The van der Waals surface area contributed by atoms with Crippen LogP contribution in [0.5, 0.6) is 0 Å². The zero-order valence-corrected chi connectivity index (χ0v) is 12.7. The van der Waals surface area contributed by atoms with Gasteiger partial charge in [0.15, 0.2) is 0 Å². The minimum absolute atomic E-state index is 0.0401. The quantitative estimate of drug-likeness (QED) is 0.859. The van der Waals surface area contributed by atoms with Crippen LogP contribution in [0.2, 0.25) is 0 Å². The summed E-state index contributed by atoms with van der Waals surface area (Å²) in [5.74, 6) is 0.524. The number of rotatable bonds is 4. The summed E-state index contributed by atoms with van der Waals surface area (Å²) in [6, 6.07) is 8.24. The van der Waals surface area contributed by atoms with Crippen molar-refractivity contribution in [3.8, 4) is 0 Å². The fraction of sp³-hybridized carbons (Fsp3) is 0.533. The van der Waals surface area contributed by atoms with Crippen LogP contribution in [0.3, 0.4) is 0 Å². The fourth-order valence-corrected chi connectivity index (χ4v) is 2.92. The average molecular weight is 295 g/mol. The van der Waals surface area contributed by atoms with Gasteiger partial charge in [0, 0.05) is 11.4 Å². The van der Waals surface area contributed by atoms with Gasteiger partial charge in [-0.15, -0.1) is 11.8 Å². The largest absolute Gasteiger partial charge is 0.394 e. The first kappa shape index (κ1) is 15.4. The third-order valence-electron chi connectivity index (χ3n) is 3.41. The molecule has 1 saturated heterocycles. The topological polar surface area (TPSA) is 49.8 Å². The molecule has 1 heterocycles. The highest BCUT2D eigenvalue weighted by molar-refractivity contribution is 8.00. The molecular formula is C15H21NO3S. The Kier molecular flexibility index (Phi) is 5.46. The molecule has 1 aliphatic heterocycles. The summed E-state index contributed by atoms with van der Waals surface area (Å²) in [7, 11) is 0. The standard InChI is InChI=1S/C15H21NO3S/c1-11-3-5-14(6-4-11)20-10-15(18)16-7-13(8-17)19-9-12(16)2/h3-6,12-13,17H,7-10H2,1-2H3. The van der Waals surface area contributed by atoms with Gasteiger partial charge in [-0.1, -0.05) is 17.7 Å². The molecule has 110 valence electrons. The van der Waals surface area contributed by atoms with E-state index in [4.69, 9.17) is 9.84 Å². The van der Waals surface area contributed by atoms with E-state index >= 15 is 0 Å². The summed E-state index contributed by atoms with van der Waals surface area (Å²) in [6.07, 6.45) is -0.250. The smallest absolute Gasteiger partial charge is 0.233 e. The van der Waals surface area contributed by atoms with Crippen molar-refractivity contribution in [1.82, 2.24) is 4.90 Å². The Labute approximate surface area is 124 Å². The highest BCUT2D eigenvalue weighted by atomic mass is 32.2. The summed E-state index contributed by atoms with van der Waals surface area (Å²) in [5, 5.41) is 9.14. The molecule has 0 aromatic heterocycles. The SMILES string of the molecule is Cc1ccc(SCC(=O)N2CC(CO)OCC2C)cc1. The molecule has 1 fully saturated rings. The van der Waals surface area contributed by atoms with Crippen LogP contribution >= 0.6 is 11.8 Å². The van der Waals surface area contributed by atoms with Gasteiger partial charge >= 0.3 is 0 Å². The molecule has 5 heteroatoms. The summed E-state index contributed by atoms with van der Waals surface area (Å²) in [6.45, 7) is 4.95. The van der Waals surface area contributed by atoms with Crippen molar-refractivity contribution in [2.75, 3.05) is 25.5 Å². The minimum Gasteiger partial charge on any atom is -0.394 e. The van der Waals surface area contributed by atoms with Gasteiger partial charge in [0.25, 0.3) is 0 Å². The van der Waals surface area contributed by atoms with E-state index in [1.807, 2.05) is 43.0 Å². The highest BCUT2D eigenvalue weighted by Gasteiger charge is 2.28. The molecule has 0 saturated carbocycles. The molecule has 0 bridgehead atoms. The molecule has 1 aromatic rings. The number of benzene rings is 1. The molecule has 1 N–H and O–H groups in total. The second-order valence-electron chi connectivity index (χ2n) is 5.13. The van der Waals surface area contributed by atoms with E-state index in [9.17, 15) is 4.79 Å². The number of hydrogen-bond donors (Lipinski definition) is 1. The Morgan fingerprint density at radius 2 is 2.15 bits per heavy atom. The molecule has 2 rings (SSSR count). The lowest BCUT2D eigenvalue weighted by Gasteiger charge is -2.37. The molecule has 2 unspecified atom stereocenters. The fourth-order valence-electron chi connectivity index (χ4n) is 2.14. The lowest BCUT2D eigenvalue weighted by Crippen LogP contribution is -2.52. The van der Waals surface area contributed by atoms with E-state index in [1.54, 1.807) is 11.8 Å². The predicted octanol–water partition coefficient (Wildman–Crippen LogP) is 1.70. The van der Waals surface area contributed by atoms with Crippen LogP contribution in [0.25, 0.3) is 0 Å². The first-order valence-electron chi connectivity index (χ1n) is 6.81. The third kappa shape index (κ3) is 3.98. The van der Waals surface area contributed by atoms with Gasteiger partial charge < -0.3 is 14.7 Å². The number of ether oxygens (including phenoxy) is 1. The molecule has 0 spiro atoms. The molecule has 2 atom stereocenters. The number of carbonyl (C=O) groups excluding carboxylic acids is 1. The van der Waals surface area contributed by atoms with E-state index in [-0.39, 0.29) is 24.7 Å². The summed E-state index contributed by atoms with van der Waals surface area (Å²) < 4.78 is 5.45. The van der Waals surface area contributed by atoms with Crippen molar-refractivity contribution in [3.05, 3.63) is 29.8 Å².